The molecule has 0 bridgehead atoms. The van der Waals surface area contributed by atoms with Crippen molar-refractivity contribution in [2.45, 2.75) is 33.0 Å². The Morgan fingerprint density at radius 3 is 2.29 bits per heavy atom. The molecule has 3 nitrogen and oxygen atoms in total. The standard InChI is InChI=1S/C15H18F3NO2/c1-10-5-11(2)7-12(6-10)8-19-4-3-14(9-19,13(20)21)15(16,17)18/h5-7H,3-4,8-9H2,1-2H3,(H,20,21). The monoisotopic (exact) mass is 301 g/mol. The first-order valence-electron chi connectivity index (χ1n) is 6.74. The highest BCUT2D eigenvalue weighted by atomic mass is 19.4. The molecule has 1 heterocycles. The van der Waals surface area contributed by atoms with E-state index in [2.05, 4.69) is 0 Å². The third-order valence-electron chi connectivity index (χ3n) is 3.99. The molecular formula is C15H18F3NO2. The summed E-state index contributed by atoms with van der Waals surface area (Å²) in [7, 11) is 0. The number of rotatable bonds is 3. The molecule has 116 valence electrons. The molecular weight excluding hydrogens is 283 g/mol. The topological polar surface area (TPSA) is 40.5 Å². The Balaban J connectivity index is 2.16. The van der Waals surface area contributed by atoms with Crippen LogP contribution in [-0.2, 0) is 11.3 Å². The summed E-state index contributed by atoms with van der Waals surface area (Å²) in [6, 6.07) is 5.83. The molecule has 1 fully saturated rings. The van der Waals surface area contributed by atoms with Crippen LogP contribution in [0.5, 0.6) is 0 Å². The summed E-state index contributed by atoms with van der Waals surface area (Å²) in [6.45, 7) is 3.85. The number of likely N-dealkylation sites (tertiary alicyclic amines) is 1. The molecule has 0 aliphatic carbocycles. The van der Waals surface area contributed by atoms with Crippen LogP contribution in [0, 0.1) is 19.3 Å². The Hall–Kier alpha value is -1.56. The summed E-state index contributed by atoms with van der Waals surface area (Å²) in [5, 5.41) is 9.02. The summed E-state index contributed by atoms with van der Waals surface area (Å²) in [6.07, 6.45) is -5.12. The largest absolute Gasteiger partial charge is 0.481 e. The van der Waals surface area contributed by atoms with E-state index in [-0.39, 0.29) is 6.54 Å². The Morgan fingerprint density at radius 1 is 1.29 bits per heavy atom. The van der Waals surface area contributed by atoms with Crippen molar-refractivity contribution in [3.8, 4) is 0 Å². The van der Waals surface area contributed by atoms with Gasteiger partial charge in [-0.3, -0.25) is 9.69 Å². The molecule has 0 radical (unpaired) electrons. The zero-order valence-corrected chi connectivity index (χ0v) is 12.0. The third kappa shape index (κ3) is 3.05. The molecule has 6 heteroatoms. The minimum atomic E-state index is -4.73. The fraction of sp³-hybridized carbons (Fsp3) is 0.533. The first kappa shape index (κ1) is 15.8. The van der Waals surface area contributed by atoms with Gasteiger partial charge in [-0.25, -0.2) is 0 Å². The lowest BCUT2D eigenvalue weighted by molar-refractivity contribution is -0.227. The number of aryl methyl sites for hydroxylation is 2. The van der Waals surface area contributed by atoms with Crippen LogP contribution in [0.1, 0.15) is 23.1 Å². The van der Waals surface area contributed by atoms with Gasteiger partial charge in [0.25, 0.3) is 0 Å². The molecule has 1 aliphatic heterocycles. The predicted molar refractivity (Wildman–Crippen MR) is 71.9 cm³/mol. The van der Waals surface area contributed by atoms with E-state index in [0.717, 1.165) is 16.7 Å². The van der Waals surface area contributed by atoms with Gasteiger partial charge in [-0.2, -0.15) is 13.2 Å². The van der Waals surface area contributed by atoms with Crippen molar-refractivity contribution in [2.75, 3.05) is 13.1 Å². The summed E-state index contributed by atoms with van der Waals surface area (Å²) in [5.41, 5.74) is 0.371. The minimum absolute atomic E-state index is 0.138. The molecule has 0 spiro atoms. The van der Waals surface area contributed by atoms with Gasteiger partial charge in [0.05, 0.1) is 0 Å². The SMILES string of the molecule is Cc1cc(C)cc(CN2CCC(C(=O)O)(C(F)(F)F)C2)c1. The average molecular weight is 301 g/mol. The number of alkyl halides is 3. The second-order valence-corrected chi connectivity index (χ2v) is 5.84. The van der Waals surface area contributed by atoms with Gasteiger partial charge >= 0.3 is 12.1 Å². The third-order valence-corrected chi connectivity index (χ3v) is 3.99. The van der Waals surface area contributed by atoms with Crippen molar-refractivity contribution in [1.82, 2.24) is 4.90 Å². The zero-order valence-electron chi connectivity index (χ0n) is 12.0. The first-order chi connectivity index (χ1) is 9.64. The molecule has 0 saturated carbocycles. The van der Waals surface area contributed by atoms with Crippen LogP contribution in [0.3, 0.4) is 0 Å². The molecule has 0 amide bonds. The smallest absolute Gasteiger partial charge is 0.406 e. The number of halogens is 3. The summed E-state index contributed by atoms with van der Waals surface area (Å²) >= 11 is 0. The second kappa shape index (κ2) is 5.33. The Kier molecular flexibility index (Phi) is 4.02. The van der Waals surface area contributed by atoms with Crippen molar-refractivity contribution in [3.63, 3.8) is 0 Å². The van der Waals surface area contributed by atoms with E-state index in [1.807, 2.05) is 32.0 Å². The van der Waals surface area contributed by atoms with Crippen LogP contribution in [0.2, 0.25) is 0 Å². The molecule has 1 atom stereocenters. The van der Waals surface area contributed by atoms with Crippen molar-refractivity contribution in [1.29, 1.82) is 0 Å². The fourth-order valence-electron chi connectivity index (χ4n) is 2.97. The van der Waals surface area contributed by atoms with Crippen molar-refractivity contribution < 1.29 is 23.1 Å². The molecule has 21 heavy (non-hydrogen) atoms. The van der Waals surface area contributed by atoms with Gasteiger partial charge in [0.15, 0.2) is 5.41 Å². The number of benzene rings is 1. The van der Waals surface area contributed by atoms with Crippen molar-refractivity contribution in [2.24, 2.45) is 5.41 Å². The fourth-order valence-corrected chi connectivity index (χ4v) is 2.97. The average Bonchev–Trinajstić information content (AvgIpc) is 2.72. The molecule has 1 aliphatic rings. The number of aliphatic carboxylic acids is 1. The number of hydrogen-bond acceptors (Lipinski definition) is 2. The summed E-state index contributed by atoms with van der Waals surface area (Å²) < 4.78 is 39.3. The van der Waals surface area contributed by atoms with Gasteiger partial charge in [0.2, 0.25) is 0 Å². The normalized spacial score (nSPS) is 23.5. The molecule has 1 saturated heterocycles. The maximum absolute atomic E-state index is 13.1. The van der Waals surface area contributed by atoms with Crippen LogP contribution in [0.25, 0.3) is 0 Å². The lowest BCUT2D eigenvalue weighted by atomic mass is 9.86. The quantitative estimate of drug-likeness (QED) is 0.932. The van der Waals surface area contributed by atoms with Gasteiger partial charge in [0, 0.05) is 19.6 Å². The number of carboxylic acids is 1. The van der Waals surface area contributed by atoms with E-state index in [1.165, 1.54) is 0 Å². The van der Waals surface area contributed by atoms with E-state index in [1.54, 1.807) is 4.90 Å². The Labute approximate surface area is 121 Å². The van der Waals surface area contributed by atoms with E-state index < -0.39 is 30.5 Å². The number of hydrogen-bond donors (Lipinski definition) is 1. The summed E-state index contributed by atoms with van der Waals surface area (Å²) in [5.74, 6) is -1.78. The van der Waals surface area contributed by atoms with Crippen LogP contribution in [0.15, 0.2) is 18.2 Å². The highest BCUT2D eigenvalue weighted by Crippen LogP contribution is 2.46. The van der Waals surface area contributed by atoms with Crippen LogP contribution in [-0.4, -0.2) is 35.2 Å². The van der Waals surface area contributed by atoms with Crippen molar-refractivity contribution >= 4 is 5.97 Å². The van der Waals surface area contributed by atoms with Gasteiger partial charge in [-0.15, -0.1) is 0 Å². The van der Waals surface area contributed by atoms with Gasteiger partial charge in [-0.1, -0.05) is 29.3 Å². The zero-order chi connectivity index (χ0) is 15.8. The van der Waals surface area contributed by atoms with E-state index in [4.69, 9.17) is 5.11 Å². The van der Waals surface area contributed by atoms with Crippen LogP contribution < -0.4 is 0 Å². The highest BCUT2D eigenvalue weighted by molar-refractivity contribution is 5.76. The van der Waals surface area contributed by atoms with Gasteiger partial charge in [0.1, 0.15) is 0 Å². The van der Waals surface area contributed by atoms with E-state index in [0.29, 0.717) is 6.54 Å². The lowest BCUT2D eigenvalue weighted by Gasteiger charge is -2.27. The van der Waals surface area contributed by atoms with Gasteiger partial charge < -0.3 is 5.11 Å². The number of carbonyl (C=O) groups is 1. The molecule has 0 aromatic heterocycles. The molecule has 1 aromatic rings. The summed E-state index contributed by atoms with van der Waals surface area (Å²) in [4.78, 5) is 12.7. The maximum atomic E-state index is 13.1. The Bertz CT molecular complexity index is 536. The van der Waals surface area contributed by atoms with Crippen molar-refractivity contribution in [3.05, 3.63) is 34.9 Å². The number of carboxylic acid groups (broad SMARTS) is 1. The molecule has 1 unspecified atom stereocenters. The van der Waals surface area contributed by atoms with E-state index in [9.17, 15) is 18.0 Å². The van der Waals surface area contributed by atoms with Crippen LogP contribution in [0.4, 0.5) is 13.2 Å². The highest BCUT2D eigenvalue weighted by Gasteiger charge is 2.63. The second-order valence-electron chi connectivity index (χ2n) is 5.84. The van der Waals surface area contributed by atoms with Crippen LogP contribution >= 0.6 is 0 Å². The lowest BCUT2D eigenvalue weighted by Crippen LogP contribution is -2.47. The Morgan fingerprint density at radius 2 is 1.86 bits per heavy atom. The minimum Gasteiger partial charge on any atom is -0.481 e. The molecule has 2 rings (SSSR count). The first-order valence-corrected chi connectivity index (χ1v) is 6.74. The maximum Gasteiger partial charge on any atom is 0.406 e. The molecule has 1 aromatic carbocycles. The molecule has 1 N–H and O–H groups in total. The predicted octanol–water partition coefficient (Wildman–Crippen LogP) is 3.14. The van der Waals surface area contributed by atoms with Gasteiger partial charge in [-0.05, 0) is 25.8 Å². The number of nitrogens with zero attached hydrogens (tertiary/aromatic N) is 1. The van der Waals surface area contributed by atoms with E-state index >= 15 is 0 Å².